The molecule has 0 bridgehead atoms. The first-order chi connectivity index (χ1) is 10.1. The van der Waals surface area contributed by atoms with Gasteiger partial charge in [-0.3, -0.25) is 0 Å². The van der Waals surface area contributed by atoms with E-state index >= 15 is 0 Å². The summed E-state index contributed by atoms with van der Waals surface area (Å²) in [6.45, 7) is 3.97. The predicted octanol–water partition coefficient (Wildman–Crippen LogP) is 2.60. The van der Waals surface area contributed by atoms with Gasteiger partial charge in [0.25, 0.3) is 0 Å². The fourth-order valence-electron chi connectivity index (χ4n) is 1.81. The number of aromatic amines is 1. The summed E-state index contributed by atoms with van der Waals surface area (Å²) in [6.07, 6.45) is 0. The number of aryl methyl sites for hydroxylation is 1. The van der Waals surface area contributed by atoms with Crippen molar-refractivity contribution < 1.29 is 4.42 Å². The molecule has 0 fully saturated rings. The lowest BCUT2D eigenvalue weighted by Gasteiger charge is -2.02. The lowest BCUT2D eigenvalue weighted by molar-refractivity contribution is 0.509. The second-order valence-electron chi connectivity index (χ2n) is 4.58. The summed E-state index contributed by atoms with van der Waals surface area (Å²) in [4.78, 5) is 4.04. The van der Waals surface area contributed by atoms with E-state index in [1.807, 2.05) is 38.1 Å². The average molecular weight is 302 g/mol. The van der Waals surface area contributed by atoms with Crippen LogP contribution in [0.15, 0.2) is 33.8 Å². The van der Waals surface area contributed by atoms with E-state index in [0.717, 1.165) is 11.1 Å². The van der Waals surface area contributed by atoms with Crippen LogP contribution in [0.5, 0.6) is 0 Å². The Morgan fingerprint density at radius 3 is 2.90 bits per heavy atom. The molecule has 7 nitrogen and oxygen atoms in total. The van der Waals surface area contributed by atoms with Crippen molar-refractivity contribution in [2.24, 2.45) is 0 Å². The van der Waals surface area contributed by atoms with Crippen molar-refractivity contribution in [1.29, 1.82) is 0 Å². The topological polar surface area (TPSA) is 107 Å². The van der Waals surface area contributed by atoms with Gasteiger partial charge in [-0.25, -0.2) is 5.10 Å². The minimum Gasteiger partial charge on any atom is -0.419 e. The molecule has 0 amide bonds. The zero-order chi connectivity index (χ0) is 14.8. The highest BCUT2D eigenvalue weighted by Gasteiger charge is 2.18. The van der Waals surface area contributed by atoms with Gasteiger partial charge in [-0.1, -0.05) is 29.5 Å². The second kappa shape index (κ2) is 5.57. The van der Waals surface area contributed by atoms with Crippen molar-refractivity contribution >= 4 is 17.7 Å². The Morgan fingerprint density at radius 2 is 2.19 bits per heavy atom. The van der Waals surface area contributed by atoms with Gasteiger partial charge in [0.15, 0.2) is 0 Å². The fourth-order valence-corrected chi connectivity index (χ4v) is 2.57. The van der Waals surface area contributed by atoms with E-state index in [4.69, 9.17) is 10.2 Å². The zero-order valence-electron chi connectivity index (χ0n) is 11.6. The van der Waals surface area contributed by atoms with Crippen LogP contribution in [-0.2, 0) is 0 Å². The maximum atomic E-state index is 5.73. The van der Waals surface area contributed by atoms with Crippen LogP contribution in [0.25, 0.3) is 11.5 Å². The van der Waals surface area contributed by atoms with E-state index in [1.165, 1.54) is 11.8 Å². The highest BCUT2D eigenvalue weighted by molar-refractivity contribution is 7.99. The molecule has 0 aliphatic carbocycles. The Hall–Kier alpha value is -2.35. The molecule has 1 aromatic carbocycles. The maximum absolute atomic E-state index is 5.73. The molecule has 3 rings (SSSR count). The summed E-state index contributed by atoms with van der Waals surface area (Å²) >= 11 is 1.40. The highest BCUT2D eigenvalue weighted by atomic mass is 32.2. The number of nitrogens with zero attached hydrogens (tertiary/aromatic N) is 4. The Balaban J connectivity index is 1.78. The van der Waals surface area contributed by atoms with Gasteiger partial charge in [-0.05, 0) is 26.0 Å². The van der Waals surface area contributed by atoms with Crippen molar-refractivity contribution in [3.05, 3.63) is 35.7 Å². The molecule has 0 aliphatic rings. The van der Waals surface area contributed by atoms with Gasteiger partial charge < -0.3 is 10.2 Å². The predicted molar refractivity (Wildman–Crippen MR) is 79.5 cm³/mol. The molecule has 0 saturated carbocycles. The molecule has 0 aliphatic heterocycles. The monoisotopic (exact) mass is 302 g/mol. The van der Waals surface area contributed by atoms with E-state index < -0.39 is 0 Å². The summed E-state index contributed by atoms with van der Waals surface area (Å²) in [6, 6.07) is 7.93. The van der Waals surface area contributed by atoms with Gasteiger partial charge in [0.2, 0.25) is 22.9 Å². The van der Waals surface area contributed by atoms with Gasteiger partial charge in [-0.2, -0.15) is 4.98 Å². The number of benzene rings is 1. The number of nitrogen functional groups attached to an aromatic ring is 1. The molecular formula is C13H14N6OS. The standard InChI is InChI=1S/C13H14N6OS/c1-7-4-3-5-9(6-7)11-17-16-10(20-11)8(2)21-13-15-12(14)18-19-13/h3-6,8H,1-2H3,(H3,14,15,18,19)/t8-/m1/s1. The lowest BCUT2D eigenvalue weighted by Crippen LogP contribution is -1.90. The number of nitrogens with two attached hydrogens (primary N) is 1. The first-order valence-electron chi connectivity index (χ1n) is 6.37. The number of aromatic nitrogens is 5. The van der Waals surface area contributed by atoms with Gasteiger partial charge >= 0.3 is 0 Å². The molecule has 0 unspecified atom stereocenters. The number of hydrogen-bond donors (Lipinski definition) is 2. The normalized spacial score (nSPS) is 12.5. The van der Waals surface area contributed by atoms with Crippen LogP contribution in [0.2, 0.25) is 0 Å². The fraction of sp³-hybridized carbons (Fsp3) is 0.231. The molecule has 21 heavy (non-hydrogen) atoms. The third-order valence-electron chi connectivity index (χ3n) is 2.82. The molecule has 2 aromatic heterocycles. The molecule has 108 valence electrons. The third kappa shape index (κ3) is 3.05. The Morgan fingerprint density at radius 1 is 1.33 bits per heavy atom. The van der Waals surface area contributed by atoms with Gasteiger partial charge in [-0.15, -0.1) is 15.3 Å². The number of H-pyrrole nitrogens is 1. The molecule has 0 radical (unpaired) electrons. The van der Waals surface area contributed by atoms with Crippen LogP contribution < -0.4 is 5.73 Å². The van der Waals surface area contributed by atoms with Gasteiger partial charge in [0.1, 0.15) is 0 Å². The molecule has 2 heterocycles. The van der Waals surface area contributed by atoms with E-state index in [9.17, 15) is 0 Å². The summed E-state index contributed by atoms with van der Waals surface area (Å²) in [7, 11) is 0. The first-order valence-corrected chi connectivity index (χ1v) is 7.25. The van der Waals surface area contributed by atoms with E-state index in [1.54, 1.807) is 0 Å². The Kier molecular flexibility index (Phi) is 3.61. The smallest absolute Gasteiger partial charge is 0.247 e. The number of hydrogen-bond acceptors (Lipinski definition) is 7. The van der Waals surface area contributed by atoms with Crippen LogP contribution in [0.1, 0.15) is 23.6 Å². The molecule has 1 atom stereocenters. The summed E-state index contributed by atoms with van der Waals surface area (Å²) in [5.41, 5.74) is 7.55. The van der Waals surface area contributed by atoms with Crippen molar-refractivity contribution in [3.8, 4) is 11.5 Å². The highest BCUT2D eigenvalue weighted by Crippen LogP contribution is 2.33. The van der Waals surface area contributed by atoms with Crippen LogP contribution in [0.3, 0.4) is 0 Å². The van der Waals surface area contributed by atoms with Crippen LogP contribution in [0, 0.1) is 6.92 Å². The van der Waals surface area contributed by atoms with E-state index in [-0.39, 0.29) is 11.2 Å². The SMILES string of the molecule is Cc1cccc(-c2nnc([C@@H](C)Sc3n[nH]c(N)n3)o2)c1. The second-order valence-corrected chi connectivity index (χ2v) is 5.89. The van der Waals surface area contributed by atoms with Crippen molar-refractivity contribution in [3.63, 3.8) is 0 Å². The van der Waals surface area contributed by atoms with Crippen molar-refractivity contribution in [1.82, 2.24) is 25.4 Å². The number of anilines is 1. The quantitative estimate of drug-likeness (QED) is 0.713. The largest absolute Gasteiger partial charge is 0.419 e. The summed E-state index contributed by atoms with van der Waals surface area (Å²) in [5.74, 6) is 1.33. The molecular weight excluding hydrogens is 288 g/mol. The van der Waals surface area contributed by atoms with Crippen LogP contribution >= 0.6 is 11.8 Å². The Bertz CT molecular complexity index is 752. The van der Waals surface area contributed by atoms with Crippen LogP contribution in [0.4, 0.5) is 5.95 Å². The van der Waals surface area contributed by atoms with E-state index in [2.05, 4.69) is 25.4 Å². The average Bonchev–Trinajstić information content (AvgIpc) is 3.08. The first kappa shape index (κ1) is 13.6. The molecule has 3 aromatic rings. The third-order valence-corrected chi connectivity index (χ3v) is 3.77. The van der Waals surface area contributed by atoms with Gasteiger partial charge in [0.05, 0.1) is 5.25 Å². The van der Waals surface area contributed by atoms with E-state index in [0.29, 0.717) is 16.9 Å². The Labute approximate surface area is 125 Å². The number of rotatable bonds is 4. The summed E-state index contributed by atoms with van der Waals surface area (Å²) in [5, 5.41) is 15.2. The zero-order valence-corrected chi connectivity index (χ0v) is 12.4. The molecule has 8 heteroatoms. The van der Waals surface area contributed by atoms with Gasteiger partial charge in [0, 0.05) is 5.56 Å². The molecule has 3 N–H and O–H groups in total. The summed E-state index contributed by atoms with van der Waals surface area (Å²) < 4.78 is 5.73. The number of nitrogens with one attached hydrogen (secondary N) is 1. The lowest BCUT2D eigenvalue weighted by atomic mass is 10.1. The molecule has 0 spiro atoms. The minimum absolute atomic E-state index is 0.0636. The maximum Gasteiger partial charge on any atom is 0.247 e. The minimum atomic E-state index is -0.0636. The van der Waals surface area contributed by atoms with Crippen molar-refractivity contribution in [2.75, 3.05) is 5.73 Å². The molecule has 0 saturated heterocycles. The number of thioether (sulfide) groups is 1. The van der Waals surface area contributed by atoms with Crippen molar-refractivity contribution in [2.45, 2.75) is 24.3 Å². The van der Waals surface area contributed by atoms with Crippen LogP contribution in [-0.4, -0.2) is 25.4 Å².